The van der Waals surface area contributed by atoms with Gasteiger partial charge in [0.05, 0.1) is 5.69 Å². The van der Waals surface area contributed by atoms with Gasteiger partial charge in [-0.25, -0.2) is 0 Å². The van der Waals surface area contributed by atoms with E-state index in [1.807, 2.05) is 18.7 Å². The molecule has 0 unspecified atom stereocenters. The van der Waals surface area contributed by atoms with Crippen LogP contribution in [0.25, 0.3) is 11.0 Å². The molecular formula is C26H30N4O5. The average Bonchev–Trinajstić information content (AvgIpc) is 3.15. The molecule has 1 amide bonds. The maximum Gasteiger partial charge on any atom is 0.253 e. The number of piperidine rings is 1. The SMILES string of the molecule is Cc1nn(C)c2[nH]c(=O)c(CCC(=O)N3CCC(C(=O)c4ccc5c(c4)OCCO5)CC3)c(C)c12. The van der Waals surface area contributed by atoms with Crippen LogP contribution in [0.4, 0.5) is 0 Å². The summed E-state index contributed by atoms with van der Waals surface area (Å²) < 4.78 is 12.8. The Morgan fingerprint density at radius 3 is 2.57 bits per heavy atom. The maximum atomic E-state index is 13.0. The van der Waals surface area contributed by atoms with E-state index >= 15 is 0 Å². The minimum atomic E-state index is -0.172. The summed E-state index contributed by atoms with van der Waals surface area (Å²) >= 11 is 0. The minimum Gasteiger partial charge on any atom is -0.486 e. The second kappa shape index (κ2) is 9.20. The molecule has 0 bridgehead atoms. The number of hydrogen-bond donors (Lipinski definition) is 1. The van der Waals surface area contributed by atoms with Gasteiger partial charge in [0.15, 0.2) is 17.3 Å². The van der Waals surface area contributed by atoms with Crippen molar-refractivity contribution < 1.29 is 19.1 Å². The van der Waals surface area contributed by atoms with Gasteiger partial charge in [0.1, 0.15) is 18.9 Å². The molecule has 0 spiro atoms. The van der Waals surface area contributed by atoms with E-state index in [-0.39, 0.29) is 29.6 Å². The van der Waals surface area contributed by atoms with Crippen molar-refractivity contribution in [2.24, 2.45) is 13.0 Å². The Kier molecular flexibility index (Phi) is 6.08. The summed E-state index contributed by atoms with van der Waals surface area (Å²) in [6.07, 6.45) is 1.88. The third kappa shape index (κ3) is 4.31. The van der Waals surface area contributed by atoms with E-state index in [0.29, 0.717) is 73.8 Å². The molecule has 4 heterocycles. The van der Waals surface area contributed by atoms with Crippen LogP contribution in [0.5, 0.6) is 11.5 Å². The number of benzene rings is 1. The van der Waals surface area contributed by atoms with Crippen LogP contribution in [-0.4, -0.2) is 57.7 Å². The topological polar surface area (TPSA) is 107 Å². The lowest BCUT2D eigenvalue weighted by atomic mass is 9.88. The summed E-state index contributed by atoms with van der Waals surface area (Å²) in [4.78, 5) is 43.3. The van der Waals surface area contributed by atoms with Crippen LogP contribution >= 0.6 is 0 Å². The highest BCUT2D eigenvalue weighted by molar-refractivity contribution is 5.98. The number of nitrogens with one attached hydrogen (secondary N) is 1. The van der Waals surface area contributed by atoms with Gasteiger partial charge in [-0.2, -0.15) is 5.10 Å². The van der Waals surface area contributed by atoms with Crippen molar-refractivity contribution in [3.8, 4) is 11.5 Å². The molecule has 5 rings (SSSR count). The number of Topliss-reactive ketones (excluding diaryl/α,β-unsaturated/α-hetero) is 1. The Morgan fingerprint density at radius 2 is 1.83 bits per heavy atom. The molecule has 1 aromatic carbocycles. The molecule has 0 aliphatic carbocycles. The van der Waals surface area contributed by atoms with Gasteiger partial charge in [0.2, 0.25) is 5.91 Å². The lowest BCUT2D eigenvalue weighted by Crippen LogP contribution is -2.40. The summed E-state index contributed by atoms with van der Waals surface area (Å²) in [5.74, 6) is 1.25. The van der Waals surface area contributed by atoms with Crippen LogP contribution in [-0.2, 0) is 18.3 Å². The number of H-pyrrole nitrogens is 1. The number of ether oxygens (including phenoxy) is 2. The third-order valence-corrected chi connectivity index (χ3v) is 7.19. The van der Waals surface area contributed by atoms with Gasteiger partial charge >= 0.3 is 0 Å². The molecule has 2 aliphatic heterocycles. The van der Waals surface area contributed by atoms with Crippen molar-refractivity contribution in [3.63, 3.8) is 0 Å². The highest BCUT2D eigenvalue weighted by Gasteiger charge is 2.29. The first kappa shape index (κ1) is 23.1. The number of aromatic nitrogens is 3. The molecule has 35 heavy (non-hydrogen) atoms. The summed E-state index contributed by atoms with van der Waals surface area (Å²) in [7, 11) is 1.80. The standard InChI is InChI=1S/C26H30N4O5/c1-15-19(26(33)27-25-23(15)16(2)28-29(25)3)5-7-22(31)30-10-8-17(9-11-30)24(32)18-4-6-20-21(14-18)35-13-12-34-20/h4,6,14,17H,5,7-13H2,1-3H3,(H,27,33). The van der Waals surface area contributed by atoms with Crippen molar-refractivity contribution in [2.75, 3.05) is 26.3 Å². The van der Waals surface area contributed by atoms with E-state index in [9.17, 15) is 14.4 Å². The van der Waals surface area contributed by atoms with E-state index in [1.54, 1.807) is 29.9 Å². The number of fused-ring (bicyclic) bond motifs is 2. The fraction of sp³-hybridized carbons (Fsp3) is 0.462. The monoisotopic (exact) mass is 478 g/mol. The van der Waals surface area contributed by atoms with Crippen molar-refractivity contribution in [3.05, 3.63) is 50.9 Å². The Bertz CT molecular complexity index is 1360. The number of rotatable bonds is 5. The van der Waals surface area contributed by atoms with Crippen molar-refractivity contribution in [2.45, 2.75) is 39.5 Å². The zero-order chi connectivity index (χ0) is 24.7. The average molecular weight is 479 g/mol. The maximum absolute atomic E-state index is 13.0. The number of carbonyl (C=O) groups is 2. The highest BCUT2D eigenvalue weighted by atomic mass is 16.6. The number of aromatic amines is 1. The van der Waals surface area contributed by atoms with Gasteiger partial charge in [-0.05, 0) is 56.9 Å². The Balaban J connectivity index is 1.20. The third-order valence-electron chi connectivity index (χ3n) is 7.19. The smallest absolute Gasteiger partial charge is 0.253 e. The molecule has 0 saturated carbocycles. The normalized spacial score (nSPS) is 16.0. The zero-order valence-electron chi connectivity index (χ0n) is 20.3. The van der Waals surface area contributed by atoms with Gasteiger partial charge in [-0.3, -0.25) is 19.1 Å². The minimum absolute atomic E-state index is 0.0111. The van der Waals surface area contributed by atoms with E-state index in [0.717, 1.165) is 16.6 Å². The molecule has 9 heteroatoms. The molecule has 0 radical (unpaired) electrons. The second-order valence-electron chi connectivity index (χ2n) is 9.37. The van der Waals surface area contributed by atoms with Crippen molar-refractivity contribution in [1.29, 1.82) is 0 Å². The number of ketones is 1. The van der Waals surface area contributed by atoms with Crippen LogP contribution < -0.4 is 15.0 Å². The number of carbonyl (C=O) groups excluding carboxylic acids is 2. The summed E-state index contributed by atoms with van der Waals surface area (Å²) in [5, 5.41) is 5.33. The fourth-order valence-corrected chi connectivity index (χ4v) is 5.27. The summed E-state index contributed by atoms with van der Waals surface area (Å²) in [6, 6.07) is 5.33. The first-order chi connectivity index (χ1) is 16.8. The molecule has 2 aliphatic rings. The number of likely N-dealkylation sites (tertiary alicyclic amines) is 1. The first-order valence-electron chi connectivity index (χ1n) is 12.1. The molecule has 184 valence electrons. The molecule has 2 aromatic heterocycles. The molecule has 1 fully saturated rings. The van der Waals surface area contributed by atoms with Gasteiger partial charge in [0.25, 0.3) is 5.56 Å². The zero-order valence-corrected chi connectivity index (χ0v) is 20.3. The van der Waals surface area contributed by atoms with Gasteiger partial charge in [-0.15, -0.1) is 0 Å². The van der Waals surface area contributed by atoms with Crippen LogP contribution in [0.3, 0.4) is 0 Å². The molecule has 1 saturated heterocycles. The van der Waals surface area contributed by atoms with Crippen LogP contribution in [0, 0.1) is 19.8 Å². The van der Waals surface area contributed by atoms with Gasteiger partial charge in [-0.1, -0.05) is 0 Å². The molecule has 0 atom stereocenters. The second-order valence-corrected chi connectivity index (χ2v) is 9.37. The molecular weight excluding hydrogens is 448 g/mol. The number of aryl methyl sites for hydroxylation is 3. The van der Waals surface area contributed by atoms with E-state index in [1.165, 1.54) is 0 Å². The largest absolute Gasteiger partial charge is 0.486 e. The van der Waals surface area contributed by atoms with E-state index < -0.39 is 0 Å². The molecule has 3 aromatic rings. The Hall–Kier alpha value is -3.62. The predicted molar refractivity (Wildman–Crippen MR) is 130 cm³/mol. The lowest BCUT2D eigenvalue weighted by Gasteiger charge is -2.31. The molecule has 1 N–H and O–H groups in total. The number of pyridine rings is 1. The van der Waals surface area contributed by atoms with Crippen molar-refractivity contribution >= 4 is 22.7 Å². The van der Waals surface area contributed by atoms with E-state index in [2.05, 4.69) is 10.1 Å². The number of amides is 1. The van der Waals surface area contributed by atoms with Crippen LogP contribution in [0.1, 0.15) is 46.4 Å². The number of hydrogen-bond acceptors (Lipinski definition) is 6. The lowest BCUT2D eigenvalue weighted by molar-refractivity contribution is -0.132. The quantitative estimate of drug-likeness (QED) is 0.565. The van der Waals surface area contributed by atoms with E-state index in [4.69, 9.17) is 9.47 Å². The first-order valence-corrected chi connectivity index (χ1v) is 12.1. The van der Waals surface area contributed by atoms with Crippen molar-refractivity contribution in [1.82, 2.24) is 19.7 Å². The predicted octanol–water partition coefficient (Wildman–Crippen LogP) is 2.70. The summed E-state index contributed by atoms with van der Waals surface area (Å²) in [6.45, 7) is 5.90. The van der Waals surface area contributed by atoms with Gasteiger partial charge in [0, 0.05) is 49.0 Å². The van der Waals surface area contributed by atoms with Crippen LogP contribution in [0.15, 0.2) is 23.0 Å². The summed E-state index contributed by atoms with van der Waals surface area (Å²) in [5.41, 5.74) is 3.51. The Labute approximate surface area is 203 Å². The highest BCUT2D eigenvalue weighted by Crippen LogP contribution is 2.32. The van der Waals surface area contributed by atoms with Gasteiger partial charge < -0.3 is 19.4 Å². The van der Waals surface area contributed by atoms with Crippen LogP contribution in [0.2, 0.25) is 0 Å². The number of nitrogens with zero attached hydrogens (tertiary/aromatic N) is 3. The Morgan fingerprint density at radius 1 is 1.11 bits per heavy atom. The molecule has 9 nitrogen and oxygen atoms in total. The fourth-order valence-electron chi connectivity index (χ4n) is 5.27.